The highest BCUT2D eigenvalue weighted by molar-refractivity contribution is 6.31. The number of unbranched alkanes of at least 4 members (excludes halogenated alkanes) is 1. The first-order valence-electron chi connectivity index (χ1n) is 12.8. The summed E-state index contributed by atoms with van der Waals surface area (Å²) < 4.78 is 37.2. The van der Waals surface area contributed by atoms with E-state index in [1.54, 1.807) is 6.07 Å². The molecule has 0 radical (unpaired) electrons. The Kier molecular flexibility index (Phi) is 8.88. The number of nitrogens with zero attached hydrogens (tertiary/aromatic N) is 3. The minimum Gasteiger partial charge on any atom is -0.490 e. The second-order valence-corrected chi connectivity index (χ2v) is 9.64. The number of anilines is 2. The highest BCUT2D eigenvalue weighted by atomic mass is 35.5. The first-order valence-corrected chi connectivity index (χ1v) is 13.2. The molecule has 8 nitrogen and oxygen atoms in total. The van der Waals surface area contributed by atoms with Gasteiger partial charge in [0.05, 0.1) is 43.6 Å². The lowest BCUT2D eigenvalue weighted by molar-refractivity contribution is 0.0242. The average molecular weight is 531 g/mol. The summed E-state index contributed by atoms with van der Waals surface area (Å²) in [6.45, 7) is 6.61. The van der Waals surface area contributed by atoms with Crippen molar-refractivity contribution in [3.63, 3.8) is 0 Å². The van der Waals surface area contributed by atoms with Gasteiger partial charge in [-0.15, -0.1) is 0 Å². The smallest absolute Gasteiger partial charge is 0.163 e. The lowest BCUT2D eigenvalue weighted by Crippen LogP contribution is -2.36. The number of ether oxygens (including phenoxy) is 4. The Bertz CT molecular complexity index is 1190. The molecule has 37 heavy (non-hydrogen) atoms. The third kappa shape index (κ3) is 6.98. The molecule has 3 aromatic rings. The lowest BCUT2D eigenvalue weighted by Gasteiger charge is -2.26. The molecule has 2 saturated heterocycles. The Balaban J connectivity index is 1.33. The molecule has 5 rings (SSSR count). The summed E-state index contributed by atoms with van der Waals surface area (Å²) in [4.78, 5) is 11.3. The van der Waals surface area contributed by atoms with Crippen molar-refractivity contribution in [1.29, 1.82) is 0 Å². The molecular formula is C27H32ClFN4O4. The van der Waals surface area contributed by atoms with E-state index in [4.69, 9.17) is 30.5 Å². The Labute approximate surface area is 221 Å². The molecule has 1 aromatic heterocycles. The Morgan fingerprint density at radius 3 is 2.62 bits per heavy atom. The molecule has 1 N–H and O–H groups in total. The fraction of sp³-hybridized carbons (Fsp3) is 0.481. The van der Waals surface area contributed by atoms with Crippen LogP contribution in [-0.4, -0.2) is 73.6 Å². The number of hydrogen-bond donors (Lipinski definition) is 1. The van der Waals surface area contributed by atoms with E-state index in [0.29, 0.717) is 48.3 Å². The van der Waals surface area contributed by atoms with E-state index < -0.39 is 5.82 Å². The zero-order valence-electron chi connectivity index (χ0n) is 20.8. The van der Waals surface area contributed by atoms with Gasteiger partial charge in [0.25, 0.3) is 0 Å². The van der Waals surface area contributed by atoms with Crippen molar-refractivity contribution in [2.24, 2.45) is 0 Å². The number of nitrogens with one attached hydrogen (secondary N) is 1. The zero-order chi connectivity index (χ0) is 25.5. The van der Waals surface area contributed by atoms with Crippen molar-refractivity contribution in [2.45, 2.75) is 31.8 Å². The maximum atomic E-state index is 13.6. The monoisotopic (exact) mass is 530 g/mol. The van der Waals surface area contributed by atoms with Crippen LogP contribution in [0.25, 0.3) is 10.9 Å². The van der Waals surface area contributed by atoms with Crippen LogP contribution >= 0.6 is 11.6 Å². The molecule has 2 fully saturated rings. The predicted octanol–water partition coefficient (Wildman–Crippen LogP) is 5.21. The van der Waals surface area contributed by atoms with Gasteiger partial charge in [-0.1, -0.05) is 11.6 Å². The fourth-order valence-corrected chi connectivity index (χ4v) is 4.68. The number of halogens is 2. The van der Waals surface area contributed by atoms with Crippen LogP contribution in [0.15, 0.2) is 36.7 Å². The van der Waals surface area contributed by atoms with E-state index in [1.165, 1.54) is 18.5 Å². The highest BCUT2D eigenvalue weighted by Gasteiger charge is 2.20. The minimum absolute atomic E-state index is 0.0382. The van der Waals surface area contributed by atoms with Crippen LogP contribution in [0.3, 0.4) is 0 Å². The van der Waals surface area contributed by atoms with E-state index >= 15 is 0 Å². The van der Waals surface area contributed by atoms with Crippen LogP contribution < -0.4 is 14.8 Å². The van der Waals surface area contributed by atoms with E-state index in [-0.39, 0.29) is 11.1 Å². The van der Waals surface area contributed by atoms with Crippen LogP contribution in [-0.2, 0) is 9.47 Å². The molecule has 0 spiro atoms. The SMILES string of the molecule is Fc1ccc(Nc2ncnc3cc(OCCCCN4CCOCC4)c(OC4CCOCC4)cc23)cc1Cl. The van der Waals surface area contributed by atoms with E-state index in [2.05, 4.69) is 20.2 Å². The Hall–Kier alpha value is -2.72. The van der Waals surface area contributed by atoms with Crippen molar-refractivity contribution in [1.82, 2.24) is 14.9 Å². The Morgan fingerprint density at radius 1 is 1.00 bits per heavy atom. The molecule has 0 saturated carbocycles. The van der Waals surface area contributed by atoms with E-state index in [1.807, 2.05) is 12.1 Å². The number of fused-ring (bicyclic) bond motifs is 1. The first-order chi connectivity index (χ1) is 18.2. The van der Waals surface area contributed by atoms with Crippen molar-refractivity contribution in [2.75, 3.05) is 58.0 Å². The van der Waals surface area contributed by atoms with Gasteiger partial charge in [0, 0.05) is 43.1 Å². The van der Waals surface area contributed by atoms with Crippen LogP contribution in [0.2, 0.25) is 5.02 Å². The molecule has 0 amide bonds. The summed E-state index contributed by atoms with van der Waals surface area (Å²) in [5, 5.41) is 4.03. The molecule has 2 aliphatic heterocycles. The van der Waals surface area contributed by atoms with Crippen LogP contribution in [0, 0.1) is 5.82 Å². The van der Waals surface area contributed by atoms with Gasteiger partial charge >= 0.3 is 0 Å². The molecule has 2 aliphatic rings. The quantitative estimate of drug-likeness (QED) is 0.358. The number of rotatable bonds is 10. The number of aromatic nitrogens is 2. The van der Waals surface area contributed by atoms with Gasteiger partial charge in [0.15, 0.2) is 11.5 Å². The fourth-order valence-electron chi connectivity index (χ4n) is 4.50. The topological polar surface area (TPSA) is 78.0 Å². The van der Waals surface area contributed by atoms with Crippen molar-refractivity contribution >= 4 is 34.0 Å². The molecular weight excluding hydrogens is 499 g/mol. The van der Waals surface area contributed by atoms with Gasteiger partial charge in [-0.2, -0.15) is 0 Å². The van der Waals surface area contributed by atoms with E-state index in [0.717, 1.165) is 63.9 Å². The summed E-state index contributed by atoms with van der Waals surface area (Å²) in [6, 6.07) is 8.28. The maximum Gasteiger partial charge on any atom is 0.163 e. The third-order valence-corrected chi connectivity index (χ3v) is 6.86. The van der Waals surface area contributed by atoms with E-state index in [9.17, 15) is 4.39 Å². The van der Waals surface area contributed by atoms with Gasteiger partial charge in [0.1, 0.15) is 24.1 Å². The molecule has 3 heterocycles. The largest absolute Gasteiger partial charge is 0.490 e. The number of morpholine rings is 1. The van der Waals surface area contributed by atoms with Crippen molar-refractivity contribution in [3.8, 4) is 11.5 Å². The summed E-state index contributed by atoms with van der Waals surface area (Å²) in [5.74, 6) is 1.42. The third-order valence-electron chi connectivity index (χ3n) is 6.58. The molecule has 2 aromatic carbocycles. The van der Waals surface area contributed by atoms with Crippen molar-refractivity contribution < 1.29 is 23.3 Å². The number of benzene rings is 2. The van der Waals surface area contributed by atoms with Crippen molar-refractivity contribution in [3.05, 3.63) is 47.5 Å². The zero-order valence-corrected chi connectivity index (χ0v) is 21.5. The minimum atomic E-state index is -0.473. The average Bonchev–Trinajstić information content (AvgIpc) is 2.92. The second-order valence-electron chi connectivity index (χ2n) is 9.23. The summed E-state index contributed by atoms with van der Waals surface area (Å²) in [7, 11) is 0. The van der Waals surface area contributed by atoms with Gasteiger partial charge < -0.3 is 24.3 Å². The molecule has 10 heteroatoms. The highest BCUT2D eigenvalue weighted by Crippen LogP contribution is 2.37. The normalized spacial score (nSPS) is 17.1. The van der Waals surface area contributed by atoms with Crippen LogP contribution in [0.4, 0.5) is 15.9 Å². The number of hydrogen-bond acceptors (Lipinski definition) is 8. The molecule has 198 valence electrons. The predicted molar refractivity (Wildman–Crippen MR) is 141 cm³/mol. The molecule has 0 bridgehead atoms. The van der Waals surface area contributed by atoms with Gasteiger partial charge in [-0.3, -0.25) is 4.90 Å². The van der Waals surface area contributed by atoms with Gasteiger partial charge in [-0.25, -0.2) is 14.4 Å². The maximum absolute atomic E-state index is 13.6. The van der Waals surface area contributed by atoms with Crippen LogP contribution in [0.5, 0.6) is 11.5 Å². The first kappa shape index (κ1) is 25.9. The second kappa shape index (κ2) is 12.7. The van der Waals surface area contributed by atoms with Gasteiger partial charge in [0.2, 0.25) is 0 Å². The summed E-state index contributed by atoms with van der Waals surface area (Å²) in [6.07, 6.45) is 5.17. The molecule has 0 atom stereocenters. The Morgan fingerprint density at radius 2 is 1.81 bits per heavy atom. The van der Waals surface area contributed by atoms with Crippen LogP contribution in [0.1, 0.15) is 25.7 Å². The molecule has 0 aliphatic carbocycles. The lowest BCUT2D eigenvalue weighted by atomic mass is 10.1. The van der Waals surface area contributed by atoms with Gasteiger partial charge in [-0.05, 0) is 43.7 Å². The standard InChI is InChI=1S/C27H32ClFN4O4/c28-22-15-19(3-4-23(22)29)32-27-21-16-26(37-20-5-11-34-12-6-20)25(17-24(21)30-18-31-27)36-10-2-1-7-33-8-13-35-14-9-33/h3-4,15-18,20H,1-2,5-14H2,(H,30,31,32). The molecule has 0 unspecified atom stereocenters. The summed E-state index contributed by atoms with van der Waals surface area (Å²) in [5.41, 5.74) is 1.34. The summed E-state index contributed by atoms with van der Waals surface area (Å²) >= 11 is 5.97.